The van der Waals surface area contributed by atoms with Crippen molar-refractivity contribution in [2.24, 2.45) is 0 Å². The van der Waals surface area contributed by atoms with Crippen LogP contribution in [0.3, 0.4) is 0 Å². The number of nitrogen functional groups attached to an aromatic ring is 1. The summed E-state index contributed by atoms with van der Waals surface area (Å²) in [5, 5.41) is 7.27. The largest absolute Gasteiger partial charge is 0.496 e. The molecular formula is C30H26ClN7O4S. The van der Waals surface area contributed by atoms with Gasteiger partial charge in [-0.25, -0.2) is 14.6 Å². The monoisotopic (exact) mass is 615 g/mol. The van der Waals surface area contributed by atoms with Crippen LogP contribution in [0.2, 0.25) is 5.02 Å². The second kappa shape index (κ2) is 12.0. The van der Waals surface area contributed by atoms with Gasteiger partial charge in [0.1, 0.15) is 23.6 Å². The SMILES string of the molecule is COc1ccc(-c2nn([C@H](C)c3cc4cccc(Cl)c4c(=O)n3-c3ccccc3)c3ncnc(N)c23)cc1C.N=S(=O)=O. The quantitative estimate of drug-likeness (QED) is 0.254. The maximum Gasteiger partial charge on any atom is 0.308 e. The Morgan fingerprint density at radius 1 is 1.00 bits per heavy atom. The smallest absolute Gasteiger partial charge is 0.308 e. The number of nitrogens with two attached hydrogens (primary N) is 1. The Bertz CT molecular complexity index is 2160. The summed E-state index contributed by atoms with van der Waals surface area (Å²) in [6.07, 6.45) is 1.43. The van der Waals surface area contributed by atoms with Gasteiger partial charge in [0.25, 0.3) is 5.56 Å². The van der Waals surface area contributed by atoms with Gasteiger partial charge < -0.3 is 10.5 Å². The number of hydrogen-bond donors (Lipinski definition) is 2. The summed E-state index contributed by atoms with van der Waals surface area (Å²) < 4.78 is 31.8. The van der Waals surface area contributed by atoms with E-state index in [9.17, 15) is 4.79 Å². The summed E-state index contributed by atoms with van der Waals surface area (Å²) >= 11 is 6.50. The number of hydrogen-bond acceptors (Lipinski definition) is 9. The molecule has 0 fully saturated rings. The topological polar surface area (TPSA) is 159 Å². The molecule has 3 heterocycles. The summed E-state index contributed by atoms with van der Waals surface area (Å²) in [6, 6.07) is 22.4. The lowest BCUT2D eigenvalue weighted by Gasteiger charge is -2.21. The van der Waals surface area contributed by atoms with Crippen molar-refractivity contribution in [1.29, 1.82) is 4.78 Å². The molecule has 0 aliphatic heterocycles. The fourth-order valence-electron chi connectivity index (χ4n) is 5.11. The van der Waals surface area contributed by atoms with Crippen LogP contribution >= 0.6 is 11.6 Å². The first-order valence-corrected chi connectivity index (χ1v) is 14.4. The van der Waals surface area contributed by atoms with E-state index < -0.39 is 16.5 Å². The predicted molar refractivity (Wildman–Crippen MR) is 166 cm³/mol. The maximum atomic E-state index is 13.9. The summed E-state index contributed by atoms with van der Waals surface area (Å²) in [4.78, 5) is 22.8. The molecule has 0 radical (unpaired) electrons. The Kier molecular flexibility index (Phi) is 8.24. The molecular weight excluding hydrogens is 590 g/mol. The van der Waals surface area contributed by atoms with Crippen molar-refractivity contribution in [2.75, 3.05) is 12.8 Å². The molecule has 13 heteroatoms. The fourth-order valence-corrected chi connectivity index (χ4v) is 5.37. The van der Waals surface area contributed by atoms with E-state index in [-0.39, 0.29) is 5.56 Å². The van der Waals surface area contributed by atoms with Crippen molar-refractivity contribution in [3.63, 3.8) is 0 Å². The van der Waals surface area contributed by atoms with Crippen LogP contribution in [0.15, 0.2) is 83.9 Å². The Labute approximate surface area is 252 Å². The molecule has 3 aromatic carbocycles. The maximum absolute atomic E-state index is 13.9. The van der Waals surface area contributed by atoms with Crippen LogP contribution in [0.25, 0.3) is 38.8 Å². The van der Waals surface area contributed by atoms with Crippen LogP contribution in [0.5, 0.6) is 5.75 Å². The van der Waals surface area contributed by atoms with E-state index in [1.165, 1.54) is 6.33 Å². The molecule has 0 bridgehead atoms. The van der Waals surface area contributed by atoms with Gasteiger partial charge in [-0.15, -0.1) is 0 Å². The predicted octanol–water partition coefficient (Wildman–Crippen LogP) is 5.59. The van der Waals surface area contributed by atoms with E-state index in [2.05, 4.69) is 9.97 Å². The summed E-state index contributed by atoms with van der Waals surface area (Å²) in [5.41, 5.74) is 10.7. The van der Waals surface area contributed by atoms with E-state index in [1.54, 1.807) is 22.4 Å². The van der Waals surface area contributed by atoms with Gasteiger partial charge in [-0.1, -0.05) is 41.9 Å². The van der Waals surface area contributed by atoms with Crippen LogP contribution < -0.4 is 16.0 Å². The average Bonchev–Trinajstić information content (AvgIpc) is 3.38. The Morgan fingerprint density at radius 2 is 1.72 bits per heavy atom. The van der Waals surface area contributed by atoms with Gasteiger partial charge in [-0.05, 0) is 67.3 Å². The van der Waals surface area contributed by atoms with Crippen LogP contribution in [0, 0.1) is 11.7 Å². The second-order valence-corrected chi connectivity index (χ2v) is 10.5. The van der Waals surface area contributed by atoms with Crippen molar-refractivity contribution in [1.82, 2.24) is 24.3 Å². The summed E-state index contributed by atoms with van der Waals surface area (Å²) in [5.74, 6) is 1.11. The molecule has 3 aromatic heterocycles. The average molecular weight is 616 g/mol. The van der Waals surface area contributed by atoms with Gasteiger partial charge in [0.05, 0.1) is 34.6 Å². The minimum Gasteiger partial charge on any atom is -0.496 e. The van der Waals surface area contributed by atoms with Crippen molar-refractivity contribution in [2.45, 2.75) is 19.9 Å². The molecule has 1 atom stereocenters. The van der Waals surface area contributed by atoms with E-state index in [0.717, 1.165) is 33.6 Å². The van der Waals surface area contributed by atoms with Gasteiger partial charge >= 0.3 is 10.5 Å². The molecule has 0 aliphatic carbocycles. The van der Waals surface area contributed by atoms with Crippen LogP contribution in [-0.2, 0) is 10.5 Å². The van der Waals surface area contributed by atoms with Gasteiger partial charge in [0.15, 0.2) is 5.65 Å². The van der Waals surface area contributed by atoms with Crippen molar-refractivity contribution in [3.8, 4) is 22.7 Å². The highest BCUT2D eigenvalue weighted by molar-refractivity contribution is 7.60. The van der Waals surface area contributed by atoms with E-state index in [1.807, 2.05) is 80.6 Å². The van der Waals surface area contributed by atoms with Crippen molar-refractivity contribution < 1.29 is 13.2 Å². The van der Waals surface area contributed by atoms with E-state index >= 15 is 0 Å². The first-order chi connectivity index (χ1) is 20.6. The number of halogens is 1. The zero-order valence-corrected chi connectivity index (χ0v) is 24.9. The van der Waals surface area contributed by atoms with Gasteiger partial charge in [0.2, 0.25) is 0 Å². The third-order valence-corrected chi connectivity index (χ3v) is 7.34. The number of pyridine rings is 1. The number of fused-ring (bicyclic) bond motifs is 2. The Balaban J connectivity index is 0.000000868. The molecule has 3 N–H and O–H groups in total. The number of ether oxygens (including phenoxy) is 1. The molecule has 11 nitrogen and oxygen atoms in total. The standard InChI is InChI=1S/C30H25ClN6O2.HNO2S/c1-17-14-20(12-13-24(17)39-3)27-26-28(32)33-16-34-29(26)37(35-27)18(2)23-15-19-8-7-11-22(31)25(19)30(38)36(23)21-9-5-4-6-10-21;1-4(2)3/h4-16,18H,1-3H3,(H2,32,33,34);1H/t18-;/m1./s1. The third kappa shape index (κ3) is 5.57. The molecule has 43 heavy (non-hydrogen) atoms. The minimum absolute atomic E-state index is 0.206. The molecule has 0 aliphatic rings. The zero-order chi connectivity index (χ0) is 30.8. The Hall–Kier alpha value is -5.07. The number of rotatable bonds is 5. The number of aryl methyl sites for hydroxylation is 1. The highest BCUT2D eigenvalue weighted by atomic mass is 35.5. The summed E-state index contributed by atoms with van der Waals surface area (Å²) in [7, 11) is -0.970. The highest BCUT2D eigenvalue weighted by Gasteiger charge is 2.25. The molecule has 0 unspecified atom stereocenters. The van der Waals surface area contributed by atoms with E-state index in [0.29, 0.717) is 33.0 Å². The van der Waals surface area contributed by atoms with Gasteiger partial charge in [0, 0.05) is 11.3 Å². The molecule has 0 amide bonds. The van der Waals surface area contributed by atoms with Crippen LogP contribution in [-0.4, -0.2) is 39.8 Å². The molecule has 0 spiro atoms. The number of nitrogens with one attached hydrogen (secondary N) is 1. The van der Waals surface area contributed by atoms with Gasteiger partial charge in [-0.2, -0.15) is 18.3 Å². The number of aromatic nitrogens is 5. The lowest BCUT2D eigenvalue weighted by molar-refractivity contribution is 0.412. The molecule has 218 valence electrons. The summed E-state index contributed by atoms with van der Waals surface area (Å²) in [6.45, 7) is 3.96. The molecule has 6 aromatic rings. The second-order valence-electron chi connectivity index (χ2n) is 9.60. The molecule has 0 saturated carbocycles. The van der Waals surface area contributed by atoms with Gasteiger partial charge in [-0.3, -0.25) is 9.36 Å². The van der Waals surface area contributed by atoms with Crippen molar-refractivity contribution in [3.05, 3.63) is 106 Å². The van der Waals surface area contributed by atoms with E-state index in [4.69, 9.17) is 40.4 Å². The number of nitrogens with zero attached hydrogens (tertiary/aromatic N) is 5. The molecule has 0 saturated heterocycles. The molecule has 6 rings (SSSR count). The van der Waals surface area contributed by atoms with Crippen LogP contribution in [0.1, 0.15) is 24.2 Å². The lowest BCUT2D eigenvalue weighted by Crippen LogP contribution is -2.26. The lowest BCUT2D eigenvalue weighted by atomic mass is 10.1. The minimum atomic E-state index is -2.61. The fraction of sp³-hybridized carbons (Fsp3) is 0.133. The van der Waals surface area contributed by atoms with Crippen LogP contribution in [0.4, 0.5) is 5.82 Å². The number of anilines is 1. The highest BCUT2D eigenvalue weighted by Crippen LogP contribution is 2.35. The normalized spacial score (nSPS) is 11.6. The third-order valence-electron chi connectivity index (χ3n) is 7.02. The number of benzene rings is 3. The first kappa shape index (κ1) is 29.4. The first-order valence-electron chi connectivity index (χ1n) is 13.0. The zero-order valence-electron chi connectivity index (χ0n) is 23.3. The Morgan fingerprint density at radius 3 is 2.40 bits per heavy atom. The number of para-hydroxylation sites is 1. The van der Waals surface area contributed by atoms with Crippen molar-refractivity contribution >= 4 is 49.7 Å². The number of methoxy groups -OCH3 is 1.